The Hall–Kier alpha value is -1.09. The van der Waals surface area contributed by atoms with Gasteiger partial charge in [0.2, 0.25) is 0 Å². The molecule has 1 atom stereocenters. The van der Waals surface area contributed by atoms with Crippen LogP contribution in [0.15, 0.2) is 21.6 Å². The summed E-state index contributed by atoms with van der Waals surface area (Å²) in [4.78, 5) is 0. The molecule has 6 heteroatoms. The van der Waals surface area contributed by atoms with Gasteiger partial charge in [0.15, 0.2) is 0 Å². The summed E-state index contributed by atoms with van der Waals surface area (Å²) in [6, 6.07) is 0. The SMILES string of the molecule is C#CC1(C(F)(F)F)N=NC=C1[Si](C)(C)C. The van der Waals surface area contributed by atoms with Crippen molar-refractivity contribution >= 4 is 8.07 Å². The summed E-state index contributed by atoms with van der Waals surface area (Å²) in [5.74, 6) is 1.76. The van der Waals surface area contributed by atoms with E-state index >= 15 is 0 Å². The number of azo groups is 1. The van der Waals surface area contributed by atoms with Gasteiger partial charge in [-0.05, 0) is 5.20 Å². The van der Waals surface area contributed by atoms with Crippen molar-refractivity contribution in [1.29, 1.82) is 0 Å². The number of hydrogen-bond acceptors (Lipinski definition) is 2. The fraction of sp³-hybridized carbons (Fsp3) is 0.556. The van der Waals surface area contributed by atoms with E-state index in [1.807, 2.05) is 0 Å². The monoisotopic (exact) mass is 232 g/mol. The van der Waals surface area contributed by atoms with Crippen molar-refractivity contribution in [3.8, 4) is 12.3 Å². The summed E-state index contributed by atoms with van der Waals surface area (Å²) < 4.78 is 38.6. The van der Waals surface area contributed by atoms with Gasteiger partial charge < -0.3 is 0 Å². The van der Waals surface area contributed by atoms with Crippen molar-refractivity contribution in [2.24, 2.45) is 10.2 Å². The minimum absolute atomic E-state index is 0.144. The number of hydrogen-bond donors (Lipinski definition) is 0. The molecular formula is C9H11F3N2Si. The van der Waals surface area contributed by atoms with Gasteiger partial charge in [-0.1, -0.05) is 25.6 Å². The van der Waals surface area contributed by atoms with Crippen LogP contribution in [0.25, 0.3) is 0 Å². The van der Waals surface area contributed by atoms with E-state index in [4.69, 9.17) is 6.42 Å². The Morgan fingerprint density at radius 1 is 1.40 bits per heavy atom. The van der Waals surface area contributed by atoms with Crippen LogP contribution in [-0.4, -0.2) is 19.8 Å². The Balaban J connectivity index is 3.32. The average Bonchev–Trinajstić information content (AvgIpc) is 2.45. The van der Waals surface area contributed by atoms with Crippen molar-refractivity contribution in [1.82, 2.24) is 0 Å². The highest BCUT2D eigenvalue weighted by Crippen LogP contribution is 2.45. The van der Waals surface area contributed by atoms with E-state index in [1.165, 1.54) is 6.20 Å². The maximum atomic E-state index is 12.9. The molecule has 0 N–H and O–H groups in total. The zero-order valence-corrected chi connectivity index (χ0v) is 9.68. The maximum absolute atomic E-state index is 12.9. The molecule has 0 amide bonds. The lowest BCUT2D eigenvalue weighted by Gasteiger charge is -2.31. The zero-order chi connectivity index (χ0) is 11.9. The molecule has 2 nitrogen and oxygen atoms in total. The van der Waals surface area contributed by atoms with E-state index in [0.29, 0.717) is 0 Å². The molecule has 0 bridgehead atoms. The lowest BCUT2D eigenvalue weighted by Crippen LogP contribution is -2.49. The zero-order valence-electron chi connectivity index (χ0n) is 8.68. The van der Waals surface area contributed by atoms with Gasteiger partial charge in [0.25, 0.3) is 5.54 Å². The van der Waals surface area contributed by atoms with Gasteiger partial charge in [-0.25, -0.2) is 0 Å². The number of rotatable bonds is 1. The Bertz CT molecular complexity index is 370. The third-order valence-electron chi connectivity index (χ3n) is 2.21. The van der Waals surface area contributed by atoms with Gasteiger partial charge >= 0.3 is 6.18 Å². The molecule has 0 spiro atoms. The number of alkyl halides is 3. The van der Waals surface area contributed by atoms with Crippen molar-refractivity contribution in [2.45, 2.75) is 31.4 Å². The van der Waals surface area contributed by atoms with E-state index in [0.717, 1.165) is 0 Å². The summed E-state index contributed by atoms with van der Waals surface area (Å²) in [6.07, 6.45) is 1.59. The largest absolute Gasteiger partial charge is 0.430 e. The van der Waals surface area contributed by atoms with E-state index in [9.17, 15) is 13.2 Å². The quantitative estimate of drug-likeness (QED) is 0.490. The van der Waals surface area contributed by atoms with Gasteiger partial charge in [-0.3, -0.25) is 0 Å². The molecule has 0 fully saturated rings. The summed E-state index contributed by atoms with van der Waals surface area (Å²) >= 11 is 0. The van der Waals surface area contributed by atoms with Crippen molar-refractivity contribution in [3.63, 3.8) is 0 Å². The number of nitrogens with zero attached hydrogens (tertiary/aromatic N) is 2. The molecule has 0 saturated heterocycles. The minimum Gasteiger partial charge on any atom is -0.167 e. The topological polar surface area (TPSA) is 24.7 Å². The van der Waals surface area contributed by atoms with Crippen LogP contribution in [0.1, 0.15) is 0 Å². The second kappa shape index (κ2) is 3.20. The van der Waals surface area contributed by atoms with Gasteiger partial charge in [0.1, 0.15) is 0 Å². The Labute approximate surface area is 87.3 Å². The van der Waals surface area contributed by atoms with Crippen LogP contribution in [0.2, 0.25) is 19.6 Å². The first-order valence-electron chi connectivity index (χ1n) is 4.33. The first kappa shape index (κ1) is 12.0. The molecule has 1 aliphatic heterocycles. The van der Waals surface area contributed by atoms with E-state index in [-0.39, 0.29) is 5.20 Å². The Morgan fingerprint density at radius 2 is 1.93 bits per heavy atom. The van der Waals surface area contributed by atoms with Gasteiger partial charge in [0.05, 0.1) is 8.07 Å². The third-order valence-corrected chi connectivity index (χ3v) is 4.32. The molecule has 82 valence electrons. The van der Waals surface area contributed by atoms with Crippen LogP contribution >= 0.6 is 0 Å². The van der Waals surface area contributed by atoms with Crippen molar-refractivity contribution < 1.29 is 13.2 Å². The molecule has 15 heavy (non-hydrogen) atoms. The number of terminal acetylenes is 1. The molecule has 0 aromatic rings. The van der Waals surface area contributed by atoms with Crippen LogP contribution in [0.3, 0.4) is 0 Å². The predicted octanol–water partition coefficient (Wildman–Crippen LogP) is 3.15. The van der Waals surface area contributed by atoms with E-state index in [1.54, 1.807) is 25.6 Å². The second-order valence-corrected chi connectivity index (χ2v) is 9.40. The van der Waals surface area contributed by atoms with Crippen molar-refractivity contribution in [3.05, 3.63) is 11.4 Å². The highest BCUT2D eigenvalue weighted by atomic mass is 28.3. The van der Waals surface area contributed by atoms with Crippen LogP contribution < -0.4 is 0 Å². The lowest BCUT2D eigenvalue weighted by atomic mass is 10.0. The lowest BCUT2D eigenvalue weighted by molar-refractivity contribution is -0.156. The molecule has 0 aliphatic carbocycles. The van der Waals surface area contributed by atoms with E-state index < -0.39 is 19.8 Å². The fourth-order valence-electron chi connectivity index (χ4n) is 1.45. The summed E-state index contributed by atoms with van der Waals surface area (Å²) in [5, 5.41) is 6.71. The fourth-order valence-corrected chi connectivity index (χ4v) is 3.25. The third kappa shape index (κ3) is 1.72. The highest BCUT2D eigenvalue weighted by molar-refractivity contribution is 6.83. The Morgan fingerprint density at radius 3 is 2.20 bits per heavy atom. The standard InChI is InChI=1S/C9H11F3N2Si/c1-5-8(9(10,11)12)7(6-13-14-8)15(2,3)4/h1,6H,2-4H3. The molecule has 1 aliphatic rings. The van der Waals surface area contributed by atoms with Gasteiger partial charge in [0, 0.05) is 6.20 Å². The molecular weight excluding hydrogens is 221 g/mol. The molecule has 1 unspecified atom stereocenters. The maximum Gasteiger partial charge on any atom is 0.430 e. The van der Waals surface area contributed by atoms with Gasteiger partial charge in [-0.2, -0.15) is 23.4 Å². The highest BCUT2D eigenvalue weighted by Gasteiger charge is 2.61. The Kier molecular flexibility index (Phi) is 2.56. The summed E-state index contributed by atoms with van der Waals surface area (Å²) in [6.45, 7) is 5.35. The minimum atomic E-state index is -4.58. The van der Waals surface area contributed by atoms with Crippen LogP contribution in [0.4, 0.5) is 13.2 Å². The normalized spacial score (nSPS) is 26.3. The molecule has 0 radical (unpaired) electrons. The van der Waals surface area contributed by atoms with Crippen LogP contribution in [-0.2, 0) is 0 Å². The van der Waals surface area contributed by atoms with Crippen LogP contribution in [0.5, 0.6) is 0 Å². The predicted molar refractivity (Wildman–Crippen MR) is 53.9 cm³/mol. The first-order chi connectivity index (χ1) is 6.65. The molecule has 1 heterocycles. The summed E-state index contributed by atoms with van der Waals surface area (Å²) in [5.41, 5.74) is -2.52. The van der Waals surface area contributed by atoms with Gasteiger partial charge in [-0.15, -0.1) is 6.42 Å². The second-order valence-electron chi connectivity index (χ2n) is 4.36. The molecule has 0 aromatic heterocycles. The first-order valence-corrected chi connectivity index (χ1v) is 7.83. The molecule has 1 rings (SSSR count). The smallest absolute Gasteiger partial charge is 0.167 e. The van der Waals surface area contributed by atoms with Crippen LogP contribution in [0, 0.1) is 12.3 Å². The molecule has 0 saturated carbocycles. The average molecular weight is 232 g/mol. The van der Waals surface area contributed by atoms with Crippen molar-refractivity contribution in [2.75, 3.05) is 0 Å². The number of halogens is 3. The summed E-state index contributed by atoms with van der Waals surface area (Å²) in [7, 11) is -2.18. The van der Waals surface area contributed by atoms with E-state index in [2.05, 4.69) is 10.2 Å². The molecule has 0 aromatic carbocycles.